The Bertz CT molecular complexity index is 1010. The van der Waals surface area contributed by atoms with E-state index < -0.39 is 18.1 Å². The fraction of sp³-hybridized carbons (Fsp3) is 0.444. The maximum atomic E-state index is 11.8. The van der Waals surface area contributed by atoms with Crippen LogP contribution in [0.1, 0.15) is 49.3 Å². The number of ether oxygens (including phenoxy) is 1. The Morgan fingerprint density at radius 3 is 2.85 bits per heavy atom. The van der Waals surface area contributed by atoms with Crippen molar-refractivity contribution >= 4 is 28.8 Å². The van der Waals surface area contributed by atoms with Gasteiger partial charge in [0.25, 0.3) is 5.91 Å². The summed E-state index contributed by atoms with van der Waals surface area (Å²) in [5.41, 5.74) is 4.39. The molecule has 1 aliphatic heterocycles. The third-order valence-electron chi connectivity index (χ3n) is 5.41. The molecule has 3 aromatic heterocycles. The highest BCUT2D eigenvalue weighted by molar-refractivity contribution is 6.00. The van der Waals surface area contributed by atoms with Crippen LogP contribution in [0.5, 0.6) is 0 Å². The van der Waals surface area contributed by atoms with Gasteiger partial charge in [-0.25, -0.2) is 14.8 Å². The molecule has 1 unspecified atom stereocenters. The highest BCUT2D eigenvalue weighted by atomic mass is 16.6. The normalized spacial score (nSPS) is 21.5. The number of carbonyl (C=O) groups is 2. The number of hydrogen-bond donors (Lipinski definition) is 2. The standard InChI is InChI=1S/C18H19N5O3/c24-17-13(26-18(25)22-17)6-11-7-19-16-15(11)23-9-12(21-14(23)8-20-16)10-4-2-1-3-5-10/h7-10,13,19H,1-6H2,(H,22,24,25). The third-order valence-corrected chi connectivity index (χ3v) is 5.41. The second-order valence-electron chi connectivity index (χ2n) is 7.09. The molecule has 0 spiro atoms. The van der Waals surface area contributed by atoms with E-state index in [2.05, 4.69) is 21.5 Å². The van der Waals surface area contributed by atoms with Crippen molar-refractivity contribution in [1.29, 1.82) is 0 Å². The van der Waals surface area contributed by atoms with Gasteiger partial charge in [0.15, 0.2) is 17.4 Å². The van der Waals surface area contributed by atoms with Crippen molar-refractivity contribution in [1.82, 2.24) is 24.7 Å². The number of aromatic amines is 1. The van der Waals surface area contributed by atoms with Crippen LogP contribution in [0.3, 0.4) is 0 Å². The Balaban J connectivity index is 1.56. The van der Waals surface area contributed by atoms with E-state index >= 15 is 0 Å². The highest BCUT2D eigenvalue weighted by Gasteiger charge is 2.33. The van der Waals surface area contributed by atoms with Gasteiger partial charge in [-0.15, -0.1) is 0 Å². The summed E-state index contributed by atoms with van der Waals surface area (Å²) in [6.07, 6.45) is 10.6. The number of alkyl carbamates (subject to hydrolysis) is 1. The molecule has 2 aliphatic rings. The summed E-state index contributed by atoms with van der Waals surface area (Å²) in [5, 5.41) is 2.17. The molecule has 8 nitrogen and oxygen atoms in total. The van der Waals surface area contributed by atoms with Gasteiger partial charge in [0, 0.05) is 30.3 Å². The monoisotopic (exact) mass is 353 g/mol. The fourth-order valence-electron chi connectivity index (χ4n) is 4.10. The molecule has 0 radical (unpaired) electrons. The Morgan fingerprint density at radius 2 is 2.08 bits per heavy atom. The first-order chi connectivity index (χ1) is 12.7. The number of cyclic esters (lactones) is 1. The molecule has 0 bridgehead atoms. The Kier molecular flexibility index (Phi) is 3.44. The zero-order chi connectivity index (χ0) is 17.7. The topological polar surface area (TPSA) is 101 Å². The van der Waals surface area contributed by atoms with Crippen LogP contribution in [0.2, 0.25) is 0 Å². The molecule has 26 heavy (non-hydrogen) atoms. The molecule has 1 aliphatic carbocycles. The zero-order valence-corrected chi connectivity index (χ0v) is 14.2. The molecule has 0 aromatic carbocycles. The average Bonchev–Trinajstić information content (AvgIpc) is 3.33. The lowest BCUT2D eigenvalue weighted by Crippen LogP contribution is -2.25. The number of amides is 2. The number of rotatable bonds is 3. The molecule has 5 rings (SSSR count). The van der Waals surface area contributed by atoms with Crippen molar-refractivity contribution in [2.75, 3.05) is 0 Å². The lowest BCUT2D eigenvalue weighted by atomic mass is 9.87. The van der Waals surface area contributed by atoms with Crippen molar-refractivity contribution in [2.45, 2.75) is 50.5 Å². The fourth-order valence-corrected chi connectivity index (χ4v) is 4.10. The summed E-state index contributed by atoms with van der Waals surface area (Å²) in [6, 6.07) is 0. The maximum Gasteiger partial charge on any atom is 0.414 e. The summed E-state index contributed by atoms with van der Waals surface area (Å²) in [5.74, 6) is 0.0978. The Labute approximate surface area is 149 Å². The second kappa shape index (κ2) is 5.82. The van der Waals surface area contributed by atoms with E-state index in [4.69, 9.17) is 9.72 Å². The molecule has 3 aromatic rings. The number of H-pyrrole nitrogens is 1. The predicted octanol–water partition coefficient (Wildman–Crippen LogP) is 2.44. The van der Waals surface area contributed by atoms with E-state index in [1.165, 1.54) is 32.1 Å². The van der Waals surface area contributed by atoms with E-state index in [1.54, 1.807) is 6.20 Å². The Hall–Kier alpha value is -2.90. The van der Waals surface area contributed by atoms with Crippen LogP contribution in [0.15, 0.2) is 18.6 Å². The van der Waals surface area contributed by atoms with Crippen LogP contribution in [0, 0.1) is 0 Å². The number of fused-ring (bicyclic) bond motifs is 3. The van der Waals surface area contributed by atoms with Crippen LogP contribution < -0.4 is 5.32 Å². The summed E-state index contributed by atoms with van der Waals surface area (Å²) in [6.45, 7) is 0. The minimum atomic E-state index is -0.807. The van der Waals surface area contributed by atoms with Crippen LogP contribution in [0.25, 0.3) is 16.8 Å². The van der Waals surface area contributed by atoms with E-state index in [1.807, 2.05) is 10.6 Å². The quantitative estimate of drug-likeness (QED) is 0.753. The van der Waals surface area contributed by atoms with Gasteiger partial charge in [0.05, 0.1) is 17.4 Å². The molecule has 1 atom stereocenters. The molecule has 2 amide bonds. The predicted molar refractivity (Wildman–Crippen MR) is 92.8 cm³/mol. The van der Waals surface area contributed by atoms with Crippen LogP contribution in [-0.4, -0.2) is 37.5 Å². The van der Waals surface area contributed by atoms with E-state index in [0.29, 0.717) is 12.3 Å². The van der Waals surface area contributed by atoms with Gasteiger partial charge in [-0.05, 0) is 12.8 Å². The molecule has 4 heterocycles. The first-order valence-corrected chi connectivity index (χ1v) is 9.04. The molecule has 2 fully saturated rings. The number of carbonyl (C=O) groups excluding carboxylic acids is 2. The van der Waals surface area contributed by atoms with Crippen molar-refractivity contribution < 1.29 is 14.3 Å². The van der Waals surface area contributed by atoms with E-state index in [0.717, 1.165) is 28.1 Å². The number of hydrogen-bond acceptors (Lipinski definition) is 5. The van der Waals surface area contributed by atoms with Gasteiger partial charge in [-0.1, -0.05) is 19.3 Å². The van der Waals surface area contributed by atoms with Crippen LogP contribution >= 0.6 is 0 Å². The minimum Gasteiger partial charge on any atom is -0.435 e. The largest absolute Gasteiger partial charge is 0.435 e. The van der Waals surface area contributed by atoms with Gasteiger partial charge in [-0.2, -0.15) is 0 Å². The smallest absolute Gasteiger partial charge is 0.414 e. The third kappa shape index (κ3) is 2.44. The Morgan fingerprint density at radius 1 is 1.23 bits per heavy atom. The van der Waals surface area contributed by atoms with Crippen molar-refractivity contribution in [3.63, 3.8) is 0 Å². The van der Waals surface area contributed by atoms with Gasteiger partial charge >= 0.3 is 6.09 Å². The van der Waals surface area contributed by atoms with E-state index in [-0.39, 0.29) is 0 Å². The summed E-state index contributed by atoms with van der Waals surface area (Å²) >= 11 is 0. The number of imide groups is 1. The number of nitrogens with one attached hydrogen (secondary N) is 2. The lowest BCUT2D eigenvalue weighted by molar-refractivity contribution is -0.123. The first kappa shape index (κ1) is 15.4. The minimum absolute atomic E-state index is 0.301. The highest BCUT2D eigenvalue weighted by Crippen LogP contribution is 2.33. The van der Waals surface area contributed by atoms with Crippen LogP contribution in [0.4, 0.5) is 4.79 Å². The van der Waals surface area contributed by atoms with Crippen molar-refractivity contribution in [3.05, 3.63) is 29.8 Å². The van der Waals surface area contributed by atoms with E-state index in [9.17, 15) is 9.59 Å². The average molecular weight is 353 g/mol. The molecular formula is C18H19N5O3. The second-order valence-corrected chi connectivity index (χ2v) is 7.09. The van der Waals surface area contributed by atoms with Gasteiger partial charge in [0.1, 0.15) is 0 Å². The summed E-state index contributed by atoms with van der Waals surface area (Å²) in [7, 11) is 0. The van der Waals surface area contributed by atoms with Gasteiger partial charge in [-0.3, -0.25) is 14.5 Å². The number of imidazole rings is 1. The molecule has 134 valence electrons. The number of aromatic nitrogens is 4. The SMILES string of the molecule is O=C1NC(=O)C(Cc2c[nH]c3ncc4nc(C5CCCCC5)cn4c23)O1. The molecule has 1 saturated carbocycles. The molecular weight excluding hydrogens is 334 g/mol. The number of nitrogens with zero attached hydrogens (tertiary/aromatic N) is 3. The first-order valence-electron chi connectivity index (χ1n) is 9.04. The molecule has 8 heteroatoms. The van der Waals surface area contributed by atoms with Crippen molar-refractivity contribution in [3.8, 4) is 0 Å². The molecule has 2 N–H and O–H groups in total. The molecule has 1 saturated heterocycles. The van der Waals surface area contributed by atoms with Gasteiger partial charge < -0.3 is 9.72 Å². The summed E-state index contributed by atoms with van der Waals surface area (Å²) < 4.78 is 7.08. The zero-order valence-electron chi connectivity index (χ0n) is 14.2. The van der Waals surface area contributed by atoms with Crippen molar-refractivity contribution in [2.24, 2.45) is 0 Å². The van der Waals surface area contributed by atoms with Gasteiger partial charge in [0.2, 0.25) is 0 Å². The summed E-state index contributed by atoms with van der Waals surface area (Å²) in [4.78, 5) is 35.5. The lowest BCUT2D eigenvalue weighted by Gasteiger charge is -2.19. The maximum absolute atomic E-state index is 11.8. The van der Waals surface area contributed by atoms with Crippen LogP contribution in [-0.2, 0) is 16.0 Å².